The molecule has 37 heavy (non-hydrogen) atoms. The van der Waals surface area contributed by atoms with Gasteiger partial charge in [-0.1, -0.05) is 54.6 Å². The van der Waals surface area contributed by atoms with Crippen molar-refractivity contribution in [3.8, 4) is 16.9 Å². The van der Waals surface area contributed by atoms with Crippen LogP contribution in [0.25, 0.3) is 17.2 Å². The first-order valence-electron chi connectivity index (χ1n) is 12.8. The van der Waals surface area contributed by atoms with Crippen molar-refractivity contribution >= 4 is 23.8 Å². The van der Waals surface area contributed by atoms with Crippen molar-refractivity contribution in [1.29, 1.82) is 0 Å². The number of hydrogen-bond donors (Lipinski definition) is 0. The number of nitrogens with zero attached hydrogens (tertiary/aromatic N) is 2. The lowest BCUT2D eigenvalue weighted by Crippen LogP contribution is -2.49. The second-order valence-corrected chi connectivity index (χ2v) is 9.91. The number of imide groups is 1. The summed E-state index contributed by atoms with van der Waals surface area (Å²) in [5.74, 6) is 0.387. The zero-order valence-corrected chi connectivity index (χ0v) is 20.6. The van der Waals surface area contributed by atoms with E-state index in [4.69, 9.17) is 4.74 Å². The predicted molar refractivity (Wildman–Crippen MR) is 141 cm³/mol. The van der Waals surface area contributed by atoms with Crippen molar-refractivity contribution in [2.24, 2.45) is 0 Å². The summed E-state index contributed by atoms with van der Waals surface area (Å²) in [6.07, 6.45) is 6.52. The molecule has 0 radical (unpaired) electrons. The quantitative estimate of drug-likeness (QED) is 0.460. The summed E-state index contributed by atoms with van der Waals surface area (Å²) in [5, 5.41) is 0. The second-order valence-electron chi connectivity index (χ2n) is 9.91. The standard InChI is InChI=1S/C31H28N2O4/c34-28(11-6-18-33-29(35)25-9-4-5-10-26(25)30(33)36)32-19-16-31(17-20-32)15-14-24-21-23(12-13-27(24)37-31)22-7-2-1-3-8-22/h1-5,7-10,12-15,21H,6,11,16-20H2. The van der Waals surface area contributed by atoms with Gasteiger partial charge in [0.2, 0.25) is 5.91 Å². The number of benzene rings is 3. The monoisotopic (exact) mass is 492 g/mol. The number of rotatable bonds is 5. The molecule has 0 atom stereocenters. The Kier molecular flexibility index (Phi) is 5.87. The molecule has 186 valence electrons. The van der Waals surface area contributed by atoms with Crippen LogP contribution >= 0.6 is 0 Å². The van der Waals surface area contributed by atoms with Crippen molar-refractivity contribution in [1.82, 2.24) is 9.80 Å². The predicted octanol–water partition coefficient (Wildman–Crippen LogP) is 5.20. The number of fused-ring (bicyclic) bond motifs is 2. The van der Waals surface area contributed by atoms with Crippen LogP contribution in [0.4, 0.5) is 0 Å². The summed E-state index contributed by atoms with van der Waals surface area (Å²) in [5.41, 5.74) is 3.90. The average Bonchev–Trinajstić information content (AvgIpc) is 3.18. The van der Waals surface area contributed by atoms with Gasteiger partial charge in [0.05, 0.1) is 11.1 Å². The third kappa shape index (κ3) is 4.33. The van der Waals surface area contributed by atoms with Crippen LogP contribution in [0.15, 0.2) is 78.9 Å². The van der Waals surface area contributed by atoms with E-state index in [1.165, 1.54) is 10.5 Å². The fourth-order valence-corrected chi connectivity index (χ4v) is 5.47. The first-order chi connectivity index (χ1) is 18.0. The maximum Gasteiger partial charge on any atom is 0.261 e. The van der Waals surface area contributed by atoms with Crippen molar-refractivity contribution in [3.05, 3.63) is 95.6 Å². The van der Waals surface area contributed by atoms with E-state index in [1.54, 1.807) is 24.3 Å². The molecule has 3 aromatic carbocycles. The van der Waals surface area contributed by atoms with Gasteiger partial charge in [-0.05, 0) is 47.9 Å². The number of ether oxygens (including phenoxy) is 1. The van der Waals surface area contributed by atoms with Gasteiger partial charge in [0.25, 0.3) is 11.8 Å². The highest BCUT2D eigenvalue weighted by atomic mass is 16.5. The summed E-state index contributed by atoms with van der Waals surface area (Å²) < 4.78 is 6.48. The topological polar surface area (TPSA) is 66.9 Å². The highest BCUT2D eigenvalue weighted by molar-refractivity contribution is 6.21. The maximum absolute atomic E-state index is 12.9. The Hall–Kier alpha value is -4.19. The molecule has 3 heterocycles. The Bertz CT molecular complexity index is 1370. The van der Waals surface area contributed by atoms with E-state index in [1.807, 2.05) is 29.2 Å². The highest BCUT2D eigenvalue weighted by Gasteiger charge is 2.38. The minimum Gasteiger partial charge on any atom is -0.482 e. The van der Waals surface area contributed by atoms with Crippen LogP contribution in [0.3, 0.4) is 0 Å². The lowest BCUT2D eigenvalue weighted by atomic mass is 9.87. The third-order valence-electron chi connectivity index (χ3n) is 7.61. The summed E-state index contributed by atoms with van der Waals surface area (Å²) >= 11 is 0. The third-order valence-corrected chi connectivity index (χ3v) is 7.61. The average molecular weight is 493 g/mol. The molecule has 3 aromatic rings. The Morgan fingerprint density at radius 2 is 1.51 bits per heavy atom. The molecule has 1 saturated heterocycles. The normalized spacial score (nSPS) is 17.5. The van der Waals surface area contributed by atoms with Gasteiger partial charge in [-0.3, -0.25) is 19.3 Å². The van der Waals surface area contributed by atoms with Crippen molar-refractivity contribution < 1.29 is 19.1 Å². The lowest BCUT2D eigenvalue weighted by Gasteiger charge is -2.42. The molecule has 6 nitrogen and oxygen atoms in total. The van der Waals surface area contributed by atoms with Gasteiger partial charge in [-0.15, -0.1) is 0 Å². The summed E-state index contributed by atoms with van der Waals surface area (Å²) in [4.78, 5) is 41.1. The van der Waals surface area contributed by atoms with Crippen LogP contribution in [0.2, 0.25) is 0 Å². The van der Waals surface area contributed by atoms with E-state index in [9.17, 15) is 14.4 Å². The van der Waals surface area contributed by atoms with Crippen LogP contribution in [0.1, 0.15) is 52.0 Å². The van der Waals surface area contributed by atoms with Gasteiger partial charge in [0, 0.05) is 44.5 Å². The summed E-state index contributed by atoms with van der Waals surface area (Å²) in [7, 11) is 0. The molecule has 1 spiro atoms. The Morgan fingerprint density at radius 1 is 0.838 bits per heavy atom. The molecule has 3 aliphatic heterocycles. The smallest absolute Gasteiger partial charge is 0.261 e. The Balaban J connectivity index is 1.02. The largest absolute Gasteiger partial charge is 0.482 e. The number of amides is 3. The number of carbonyl (C=O) groups excluding carboxylic acids is 3. The minimum absolute atomic E-state index is 0.0548. The van der Waals surface area contributed by atoms with Gasteiger partial charge >= 0.3 is 0 Å². The fraction of sp³-hybridized carbons (Fsp3) is 0.258. The molecular weight excluding hydrogens is 464 g/mol. The molecule has 3 aliphatic rings. The van der Waals surface area contributed by atoms with Crippen LogP contribution in [0.5, 0.6) is 5.75 Å². The van der Waals surface area contributed by atoms with Crippen molar-refractivity contribution in [2.45, 2.75) is 31.3 Å². The van der Waals surface area contributed by atoms with Gasteiger partial charge < -0.3 is 9.64 Å². The molecule has 0 N–H and O–H groups in total. The van der Waals surface area contributed by atoms with Crippen LogP contribution in [-0.4, -0.2) is 52.8 Å². The molecular formula is C31H28N2O4. The van der Waals surface area contributed by atoms with Crippen LogP contribution < -0.4 is 4.74 Å². The van der Waals surface area contributed by atoms with Crippen molar-refractivity contribution in [3.63, 3.8) is 0 Å². The fourth-order valence-electron chi connectivity index (χ4n) is 5.47. The molecule has 6 heteroatoms. The minimum atomic E-state index is -0.391. The van der Waals surface area contributed by atoms with Gasteiger partial charge in [0.15, 0.2) is 0 Å². The van der Waals surface area contributed by atoms with Crippen LogP contribution in [0, 0.1) is 0 Å². The highest BCUT2D eigenvalue weighted by Crippen LogP contribution is 2.39. The first-order valence-corrected chi connectivity index (χ1v) is 12.8. The van der Waals surface area contributed by atoms with Gasteiger partial charge in [-0.2, -0.15) is 0 Å². The van der Waals surface area contributed by atoms with Crippen molar-refractivity contribution in [2.75, 3.05) is 19.6 Å². The van der Waals surface area contributed by atoms with E-state index < -0.39 is 5.60 Å². The number of likely N-dealkylation sites (tertiary alicyclic amines) is 1. The van der Waals surface area contributed by atoms with Gasteiger partial charge in [-0.25, -0.2) is 0 Å². The zero-order valence-electron chi connectivity index (χ0n) is 20.6. The van der Waals surface area contributed by atoms with E-state index in [0.717, 1.165) is 29.7 Å². The van der Waals surface area contributed by atoms with Crippen LogP contribution in [-0.2, 0) is 4.79 Å². The Morgan fingerprint density at radius 3 is 2.22 bits per heavy atom. The van der Waals surface area contributed by atoms with E-state index in [-0.39, 0.29) is 24.3 Å². The maximum atomic E-state index is 12.9. The SMILES string of the molecule is O=C(CCCN1C(=O)c2ccccc2C1=O)N1CCC2(C=Cc3cc(-c4ccccc4)ccc3O2)CC1. The molecule has 3 amide bonds. The van der Waals surface area contributed by atoms with Gasteiger partial charge in [0.1, 0.15) is 11.4 Å². The van der Waals surface area contributed by atoms with E-state index in [2.05, 4.69) is 36.4 Å². The second kappa shape index (κ2) is 9.36. The molecule has 0 aromatic heterocycles. The number of carbonyl (C=O) groups is 3. The first kappa shape index (κ1) is 23.2. The van der Waals surface area contributed by atoms with E-state index in [0.29, 0.717) is 37.1 Å². The lowest BCUT2D eigenvalue weighted by molar-refractivity contribution is -0.134. The Labute approximate surface area is 216 Å². The number of piperidine rings is 1. The molecule has 0 unspecified atom stereocenters. The zero-order chi connectivity index (χ0) is 25.4. The molecule has 0 bridgehead atoms. The molecule has 6 rings (SSSR count). The number of hydrogen-bond acceptors (Lipinski definition) is 4. The summed E-state index contributed by atoms with van der Waals surface area (Å²) in [6.45, 7) is 1.49. The molecule has 0 saturated carbocycles. The molecule has 1 fully saturated rings. The molecule has 0 aliphatic carbocycles. The van der Waals surface area contributed by atoms with E-state index >= 15 is 0 Å². The summed E-state index contributed by atoms with van der Waals surface area (Å²) in [6, 6.07) is 23.4.